The number of para-hydroxylation sites is 1. The number of nitrogens with zero attached hydrogens (tertiary/aromatic N) is 5. The van der Waals surface area contributed by atoms with E-state index < -0.39 is 21.8 Å². The number of hydrogen-bond donors (Lipinski definition) is 1. The standard InChI is InChI=1S/C18H15F3N6O2S/c1-11-15(6-7-16(24-11)27-10-13(9-23-27)18(19,20)21)30(28,29)25-14-5-3-4-12-8-22-26(2)17(12)14/h3-10,25H,1-2H3. The topological polar surface area (TPSA) is 94.7 Å². The Kier molecular flexibility index (Phi) is 4.53. The monoisotopic (exact) mass is 436 g/mol. The Morgan fingerprint density at radius 2 is 1.83 bits per heavy atom. The molecule has 0 saturated heterocycles. The molecule has 1 aromatic carbocycles. The fourth-order valence-electron chi connectivity index (χ4n) is 3.06. The summed E-state index contributed by atoms with van der Waals surface area (Å²) in [5.41, 5.74) is 0.142. The number of sulfonamides is 1. The summed E-state index contributed by atoms with van der Waals surface area (Å²) in [6, 6.07) is 7.69. The third-order valence-corrected chi connectivity index (χ3v) is 5.96. The summed E-state index contributed by atoms with van der Waals surface area (Å²) < 4.78 is 69.2. The van der Waals surface area contributed by atoms with Crippen LogP contribution in [0.4, 0.5) is 18.9 Å². The van der Waals surface area contributed by atoms with E-state index >= 15 is 0 Å². The fourth-order valence-corrected chi connectivity index (χ4v) is 4.30. The average Bonchev–Trinajstić information content (AvgIpc) is 3.29. The summed E-state index contributed by atoms with van der Waals surface area (Å²) in [5, 5.41) is 8.54. The van der Waals surface area contributed by atoms with Crippen molar-refractivity contribution in [3.05, 3.63) is 60.2 Å². The van der Waals surface area contributed by atoms with Crippen molar-refractivity contribution >= 4 is 26.6 Å². The van der Waals surface area contributed by atoms with Crippen LogP contribution < -0.4 is 4.72 Å². The van der Waals surface area contributed by atoms with Crippen LogP contribution in [-0.4, -0.2) is 33.0 Å². The van der Waals surface area contributed by atoms with Crippen LogP contribution >= 0.6 is 0 Å². The van der Waals surface area contributed by atoms with Gasteiger partial charge in [0.15, 0.2) is 5.82 Å². The minimum absolute atomic E-state index is 0.0655. The quantitative estimate of drug-likeness (QED) is 0.530. The SMILES string of the molecule is Cc1nc(-n2cc(C(F)(F)F)cn2)ccc1S(=O)(=O)Nc1cccc2cnn(C)c12. The Morgan fingerprint density at radius 1 is 1.07 bits per heavy atom. The van der Waals surface area contributed by atoms with Gasteiger partial charge in [0.25, 0.3) is 10.0 Å². The number of halogens is 3. The molecule has 0 aliphatic rings. The first-order valence-corrected chi connectivity index (χ1v) is 10.1. The van der Waals surface area contributed by atoms with Crippen LogP contribution in [0.5, 0.6) is 0 Å². The summed E-state index contributed by atoms with van der Waals surface area (Å²) in [5.74, 6) is 0.0655. The first kappa shape index (κ1) is 19.9. The molecule has 3 aromatic heterocycles. The second-order valence-corrected chi connectivity index (χ2v) is 8.19. The number of aromatic nitrogens is 5. The minimum atomic E-state index is -4.53. The Labute approximate surface area is 169 Å². The minimum Gasteiger partial charge on any atom is -0.277 e. The van der Waals surface area contributed by atoms with Crippen molar-refractivity contribution in [3.63, 3.8) is 0 Å². The maximum Gasteiger partial charge on any atom is 0.419 e. The predicted octanol–water partition coefficient (Wildman–Crippen LogP) is 3.28. The van der Waals surface area contributed by atoms with Crippen LogP contribution in [0.2, 0.25) is 0 Å². The number of rotatable bonds is 4. The molecule has 12 heteroatoms. The molecule has 0 saturated carbocycles. The van der Waals surface area contributed by atoms with Crippen LogP contribution in [-0.2, 0) is 23.2 Å². The van der Waals surface area contributed by atoms with E-state index in [0.29, 0.717) is 17.4 Å². The third-order valence-electron chi connectivity index (χ3n) is 4.46. The van der Waals surface area contributed by atoms with Crippen molar-refractivity contribution in [3.8, 4) is 5.82 Å². The summed E-state index contributed by atoms with van der Waals surface area (Å²) in [6.07, 6.45) is -1.45. The molecule has 0 amide bonds. The van der Waals surface area contributed by atoms with Gasteiger partial charge < -0.3 is 0 Å². The first-order chi connectivity index (χ1) is 14.1. The average molecular weight is 436 g/mol. The van der Waals surface area contributed by atoms with Gasteiger partial charge in [-0.2, -0.15) is 23.4 Å². The summed E-state index contributed by atoms with van der Waals surface area (Å²) >= 11 is 0. The van der Waals surface area contributed by atoms with Crippen LogP contribution in [0.3, 0.4) is 0 Å². The molecule has 0 fully saturated rings. The molecular weight excluding hydrogens is 421 g/mol. The Balaban J connectivity index is 1.68. The molecule has 4 rings (SSSR count). The lowest BCUT2D eigenvalue weighted by Gasteiger charge is -2.12. The highest BCUT2D eigenvalue weighted by Crippen LogP contribution is 2.29. The lowest BCUT2D eigenvalue weighted by molar-refractivity contribution is -0.137. The van der Waals surface area contributed by atoms with Crippen molar-refractivity contribution in [2.24, 2.45) is 7.05 Å². The molecule has 156 valence electrons. The van der Waals surface area contributed by atoms with E-state index in [1.54, 1.807) is 36.1 Å². The molecule has 0 aliphatic carbocycles. The fraction of sp³-hybridized carbons (Fsp3) is 0.167. The molecule has 0 aliphatic heterocycles. The van der Waals surface area contributed by atoms with Gasteiger partial charge in [-0.15, -0.1) is 0 Å². The van der Waals surface area contributed by atoms with Gasteiger partial charge in [-0.1, -0.05) is 12.1 Å². The lowest BCUT2D eigenvalue weighted by Crippen LogP contribution is -2.16. The molecule has 4 aromatic rings. The van der Waals surface area contributed by atoms with Crippen molar-refractivity contribution in [2.45, 2.75) is 18.0 Å². The van der Waals surface area contributed by atoms with Crippen LogP contribution in [0.1, 0.15) is 11.3 Å². The number of aryl methyl sites for hydroxylation is 2. The van der Waals surface area contributed by atoms with Gasteiger partial charge >= 0.3 is 6.18 Å². The Hall–Kier alpha value is -3.41. The van der Waals surface area contributed by atoms with Gasteiger partial charge in [-0.25, -0.2) is 18.1 Å². The molecule has 0 bridgehead atoms. The van der Waals surface area contributed by atoms with E-state index in [1.807, 2.05) is 0 Å². The Bertz CT molecular complexity index is 1360. The van der Waals surface area contributed by atoms with Gasteiger partial charge in [-0.05, 0) is 25.1 Å². The van der Waals surface area contributed by atoms with E-state index in [0.717, 1.165) is 16.3 Å². The zero-order valence-electron chi connectivity index (χ0n) is 15.7. The lowest BCUT2D eigenvalue weighted by atomic mass is 10.2. The molecule has 1 N–H and O–H groups in total. The molecule has 8 nitrogen and oxygen atoms in total. The highest BCUT2D eigenvalue weighted by Gasteiger charge is 2.32. The summed E-state index contributed by atoms with van der Waals surface area (Å²) in [6.45, 7) is 1.46. The smallest absolute Gasteiger partial charge is 0.277 e. The predicted molar refractivity (Wildman–Crippen MR) is 103 cm³/mol. The van der Waals surface area contributed by atoms with Crippen molar-refractivity contribution < 1.29 is 21.6 Å². The van der Waals surface area contributed by atoms with Crippen molar-refractivity contribution in [1.29, 1.82) is 0 Å². The van der Waals surface area contributed by atoms with Crippen LogP contribution in [0.15, 0.2) is 53.8 Å². The zero-order chi connectivity index (χ0) is 21.7. The maximum absolute atomic E-state index is 12.9. The molecule has 30 heavy (non-hydrogen) atoms. The third kappa shape index (κ3) is 3.49. The highest BCUT2D eigenvalue weighted by molar-refractivity contribution is 7.92. The molecule has 0 atom stereocenters. The van der Waals surface area contributed by atoms with E-state index in [2.05, 4.69) is 19.9 Å². The second-order valence-electron chi connectivity index (χ2n) is 6.54. The van der Waals surface area contributed by atoms with E-state index in [-0.39, 0.29) is 16.4 Å². The van der Waals surface area contributed by atoms with E-state index in [1.165, 1.54) is 19.1 Å². The van der Waals surface area contributed by atoms with Crippen LogP contribution in [0.25, 0.3) is 16.7 Å². The van der Waals surface area contributed by atoms with Gasteiger partial charge in [0, 0.05) is 18.6 Å². The Morgan fingerprint density at radius 3 is 2.50 bits per heavy atom. The summed E-state index contributed by atoms with van der Waals surface area (Å²) in [7, 11) is -2.31. The highest BCUT2D eigenvalue weighted by atomic mass is 32.2. The number of hydrogen-bond acceptors (Lipinski definition) is 5. The molecule has 0 radical (unpaired) electrons. The van der Waals surface area contributed by atoms with Crippen molar-refractivity contribution in [2.75, 3.05) is 4.72 Å². The van der Waals surface area contributed by atoms with Gasteiger partial charge in [0.05, 0.1) is 34.9 Å². The second kappa shape index (κ2) is 6.83. The molecule has 0 spiro atoms. The van der Waals surface area contributed by atoms with Gasteiger partial charge in [0.1, 0.15) is 4.90 Å². The molecule has 3 heterocycles. The molecule has 0 unspecified atom stereocenters. The first-order valence-electron chi connectivity index (χ1n) is 8.60. The zero-order valence-corrected chi connectivity index (χ0v) is 16.5. The summed E-state index contributed by atoms with van der Waals surface area (Å²) in [4.78, 5) is 4.01. The maximum atomic E-state index is 12.9. The number of nitrogens with one attached hydrogen (secondary N) is 1. The normalized spacial score (nSPS) is 12.4. The largest absolute Gasteiger partial charge is 0.419 e. The van der Waals surface area contributed by atoms with E-state index in [4.69, 9.17) is 0 Å². The van der Waals surface area contributed by atoms with Crippen LogP contribution in [0, 0.1) is 6.92 Å². The number of anilines is 1. The van der Waals surface area contributed by atoms with Gasteiger partial charge in [-0.3, -0.25) is 9.40 Å². The number of benzene rings is 1. The van der Waals surface area contributed by atoms with E-state index in [9.17, 15) is 21.6 Å². The van der Waals surface area contributed by atoms with Crippen molar-refractivity contribution in [1.82, 2.24) is 24.5 Å². The number of fused-ring (bicyclic) bond motifs is 1. The van der Waals surface area contributed by atoms with Gasteiger partial charge in [0.2, 0.25) is 0 Å². The molecular formula is C18H15F3N6O2S. The number of alkyl halides is 3. The number of pyridine rings is 1.